The van der Waals surface area contributed by atoms with Crippen LogP contribution in [0, 0.1) is 0 Å². The second-order valence-electron chi connectivity index (χ2n) is 5.44. The first-order chi connectivity index (χ1) is 9.83. The molecular weight excluding hydrogens is 254 g/mol. The normalized spacial score (nSPS) is 22.2. The summed E-state index contributed by atoms with van der Waals surface area (Å²) in [6.07, 6.45) is 6.44. The van der Waals surface area contributed by atoms with Crippen molar-refractivity contribution >= 4 is 11.6 Å². The van der Waals surface area contributed by atoms with Gasteiger partial charge in [0.1, 0.15) is 5.69 Å². The Hall–Kier alpha value is -1.62. The zero-order valence-corrected chi connectivity index (χ0v) is 11.7. The largest absolute Gasteiger partial charge is 0.382 e. The minimum Gasteiger partial charge on any atom is -0.382 e. The van der Waals surface area contributed by atoms with Crippen molar-refractivity contribution in [2.24, 2.45) is 0 Å². The molecule has 0 bridgehead atoms. The Kier molecular flexibility index (Phi) is 4.16. The summed E-state index contributed by atoms with van der Waals surface area (Å²) in [7, 11) is 0. The maximum Gasteiger partial charge on any atom is 0.272 e. The second kappa shape index (κ2) is 6.22. The molecule has 0 saturated carbocycles. The van der Waals surface area contributed by atoms with Crippen LogP contribution in [0.2, 0.25) is 0 Å². The summed E-state index contributed by atoms with van der Waals surface area (Å²) < 4.78 is 5.58. The molecule has 1 aromatic rings. The topological polar surface area (TPSA) is 54.5 Å². The van der Waals surface area contributed by atoms with Crippen molar-refractivity contribution in [3.63, 3.8) is 0 Å². The van der Waals surface area contributed by atoms with E-state index < -0.39 is 0 Å². The van der Waals surface area contributed by atoms with Gasteiger partial charge in [0.05, 0.1) is 6.10 Å². The third kappa shape index (κ3) is 3.10. The Morgan fingerprint density at radius 3 is 3.00 bits per heavy atom. The van der Waals surface area contributed by atoms with Crippen LogP contribution in [-0.2, 0) is 4.74 Å². The molecule has 1 unspecified atom stereocenters. The van der Waals surface area contributed by atoms with Gasteiger partial charge in [-0.1, -0.05) is 0 Å². The van der Waals surface area contributed by atoms with Crippen molar-refractivity contribution in [1.29, 1.82) is 0 Å². The maximum absolute atomic E-state index is 12.3. The Bertz CT molecular complexity index is 466. The van der Waals surface area contributed by atoms with E-state index in [1.807, 2.05) is 17.0 Å². The average molecular weight is 275 g/mol. The van der Waals surface area contributed by atoms with E-state index in [2.05, 4.69) is 10.3 Å². The molecule has 0 spiro atoms. The molecular formula is C15H21N3O2. The quantitative estimate of drug-likeness (QED) is 0.912. The number of hydrogen-bond acceptors (Lipinski definition) is 4. The van der Waals surface area contributed by atoms with Crippen LogP contribution in [0.5, 0.6) is 0 Å². The third-order valence-electron chi connectivity index (χ3n) is 3.93. The molecule has 2 fully saturated rings. The summed E-state index contributed by atoms with van der Waals surface area (Å²) in [6.45, 7) is 3.37. The highest BCUT2D eigenvalue weighted by molar-refractivity contribution is 5.93. The Balaban J connectivity index is 1.61. The monoisotopic (exact) mass is 275 g/mol. The molecule has 108 valence electrons. The molecule has 1 aromatic heterocycles. The Morgan fingerprint density at radius 1 is 1.40 bits per heavy atom. The van der Waals surface area contributed by atoms with Crippen LogP contribution in [0.4, 0.5) is 5.69 Å². The van der Waals surface area contributed by atoms with Crippen molar-refractivity contribution in [1.82, 2.24) is 9.88 Å². The molecule has 2 aliphatic heterocycles. The molecule has 3 heterocycles. The van der Waals surface area contributed by atoms with Crippen LogP contribution in [0.25, 0.3) is 0 Å². The van der Waals surface area contributed by atoms with Crippen molar-refractivity contribution in [3.05, 3.63) is 24.0 Å². The molecule has 2 aliphatic rings. The van der Waals surface area contributed by atoms with E-state index in [0.29, 0.717) is 11.8 Å². The summed E-state index contributed by atoms with van der Waals surface area (Å²) in [5, 5.41) is 3.34. The number of likely N-dealkylation sites (tertiary alicyclic amines) is 1. The van der Waals surface area contributed by atoms with Crippen molar-refractivity contribution < 1.29 is 9.53 Å². The zero-order chi connectivity index (χ0) is 13.8. The zero-order valence-electron chi connectivity index (χ0n) is 11.7. The van der Waals surface area contributed by atoms with Gasteiger partial charge in [0.2, 0.25) is 0 Å². The number of nitrogens with zero attached hydrogens (tertiary/aromatic N) is 2. The molecule has 20 heavy (non-hydrogen) atoms. The van der Waals surface area contributed by atoms with Crippen molar-refractivity contribution in [3.8, 4) is 0 Å². The van der Waals surface area contributed by atoms with Gasteiger partial charge in [-0.25, -0.2) is 0 Å². The van der Waals surface area contributed by atoms with Crippen LogP contribution in [0.15, 0.2) is 18.3 Å². The van der Waals surface area contributed by atoms with Gasteiger partial charge in [0, 0.05) is 38.1 Å². The van der Waals surface area contributed by atoms with Gasteiger partial charge >= 0.3 is 0 Å². The van der Waals surface area contributed by atoms with Gasteiger partial charge in [-0.3, -0.25) is 9.78 Å². The highest BCUT2D eigenvalue weighted by Crippen LogP contribution is 2.16. The number of anilines is 1. The molecule has 5 nitrogen and oxygen atoms in total. The number of hydrogen-bond donors (Lipinski definition) is 1. The highest BCUT2D eigenvalue weighted by atomic mass is 16.5. The van der Waals surface area contributed by atoms with E-state index >= 15 is 0 Å². The molecule has 2 saturated heterocycles. The van der Waals surface area contributed by atoms with E-state index in [1.165, 1.54) is 0 Å². The van der Waals surface area contributed by atoms with Gasteiger partial charge in [-0.15, -0.1) is 0 Å². The fraction of sp³-hybridized carbons (Fsp3) is 0.600. The maximum atomic E-state index is 12.3. The molecule has 0 aromatic carbocycles. The average Bonchev–Trinajstić information content (AvgIpc) is 3.18. The van der Waals surface area contributed by atoms with E-state index in [9.17, 15) is 4.79 Å². The number of aromatic nitrogens is 1. The number of amides is 1. The van der Waals surface area contributed by atoms with Crippen molar-refractivity contribution in [2.45, 2.75) is 31.8 Å². The number of nitrogens with one attached hydrogen (secondary N) is 1. The van der Waals surface area contributed by atoms with E-state index in [-0.39, 0.29) is 5.91 Å². The second-order valence-corrected chi connectivity index (χ2v) is 5.44. The van der Waals surface area contributed by atoms with Gasteiger partial charge < -0.3 is 15.0 Å². The molecule has 1 atom stereocenters. The van der Waals surface area contributed by atoms with Crippen LogP contribution in [0.1, 0.15) is 36.2 Å². The third-order valence-corrected chi connectivity index (χ3v) is 3.93. The smallest absolute Gasteiger partial charge is 0.272 e. The van der Waals surface area contributed by atoms with Crippen molar-refractivity contribution in [2.75, 3.05) is 31.6 Å². The standard InChI is InChI=1S/C15H21N3O2/c19-15(18-7-1-2-8-18)14-10-12(5-6-16-14)17-11-13-4-3-9-20-13/h5-6,10,13H,1-4,7-9,11H2,(H,16,17). The predicted octanol–water partition coefficient (Wildman–Crippen LogP) is 1.91. The molecule has 0 aliphatic carbocycles. The SMILES string of the molecule is O=C(c1cc(NCC2CCCO2)ccn1)N1CCCC1. The first-order valence-corrected chi connectivity index (χ1v) is 7.44. The molecule has 1 amide bonds. The fourth-order valence-electron chi connectivity index (χ4n) is 2.78. The van der Waals surface area contributed by atoms with Crippen LogP contribution in [-0.4, -0.2) is 48.1 Å². The summed E-state index contributed by atoms with van der Waals surface area (Å²) in [5.74, 6) is 0.0447. The van der Waals surface area contributed by atoms with E-state index in [1.54, 1.807) is 6.20 Å². The lowest BCUT2D eigenvalue weighted by molar-refractivity contribution is 0.0787. The summed E-state index contributed by atoms with van der Waals surface area (Å²) in [6, 6.07) is 3.74. The van der Waals surface area contributed by atoms with Gasteiger partial charge in [0.25, 0.3) is 5.91 Å². The fourth-order valence-corrected chi connectivity index (χ4v) is 2.78. The molecule has 5 heteroatoms. The Labute approximate surface area is 119 Å². The first kappa shape index (κ1) is 13.4. The first-order valence-electron chi connectivity index (χ1n) is 7.44. The Morgan fingerprint density at radius 2 is 2.25 bits per heavy atom. The molecule has 3 rings (SSSR count). The molecule has 1 N–H and O–H groups in total. The van der Waals surface area contributed by atoms with Gasteiger partial charge in [0.15, 0.2) is 0 Å². The van der Waals surface area contributed by atoms with E-state index in [0.717, 1.165) is 57.6 Å². The lowest BCUT2D eigenvalue weighted by Crippen LogP contribution is -2.28. The summed E-state index contributed by atoms with van der Waals surface area (Å²) in [5.41, 5.74) is 1.47. The lowest BCUT2D eigenvalue weighted by atomic mass is 10.2. The van der Waals surface area contributed by atoms with Gasteiger partial charge in [-0.05, 0) is 37.8 Å². The minimum atomic E-state index is 0.0447. The summed E-state index contributed by atoms with van der Waals surface area (Å²) >= 11 is 0. The number of pyridine rings is 1. The predicted molar refractivity (Wildman–Crippen MR) is 76.8 cm³/mol. The number of carbonyl (C=O) groups is 1. The number of rotatable bonds is 4. The number of ether oxygens (including phenoxy) is 1. The van der Waals surface area contributed by atoms with Crippen LogP contribution in [0.3, 0.4) is 0 Å². The lowest BCUT2D eigenvalue weighted by Gasteiger charge is -2.16. The van der Waals surface area contributed by atoms with Crippen LogP contribution >= 0.6 is 0 Å². The van der Waals surface area contributed by atoms with Crippen LogP contribution < -0.4 is 5.32 Å². The number of carbonyl (C=O) groups excluding carboxylic acids is 1. The molecule has 0 radical (unpaired) electrons. The highest BCUT2D eigenvalue weighted by Gasteiger charge is 2.21. The van der Waals surface area contributed by atoms with Gasteiger partial charge in [-0.2, -0.15) is 0 Å². The minimum absolute atomic E-state index is 0.0447. The summed E-state index contributed by atoms with van der Waals surface area (Å²) in [4.78, 5) is 18.4. The van der Waals surface area contributed by atoms with E-state index in [4.69, 9.17) is 4.74 Å².